The Hall–Kier alpha value is -2.19. The molecule has 0 unspecified atom stereocenters. The second-order valence-corrected chi connectivity index (χ2v) is 20.2. The minimum absolute atomic E-state index is 0.0470. The van der Waals surface area contributed by atoms with Gasteiger partial charge in [-0.1, -0.05) is 92.4 Å². The first-order valence-corrected chi connectivity index (χ1v) is 26.4. The van der Waals surface area contributed by atoms with Crippen LogP contribution in [0.3, 0.4) is 0 Å². The molecule has 0 aromatic rings. The zero-order valence-corrected chi connectivity index (χ0v) is 42.9. The highest BCUT2D eigenvalue weighted by atomic mass is 16.8. The quantitative estimate of drug-likeness (QED) is 0.0705. The third-order valence-electron chi connectivity index (χ3n) is 14.7. The molecule has 21 heteroatoms. The van der Waals surface area contributed by atoms with Crippen molar-refractivity contribution in [1.82, 2.24) is 0 Å². The standard InChI is InChI=1S/C50H86O21/c1-9-12-18-21-30-22-19-16-14-13-15-17-20-23-32(52)66-40-35(55)31(24-51)65-50(69-41-37(57)34(54)28(7)62-48(41)64-30)43(40)71-49-44(68-46(60)26(5)11-3)42(39(29(8)63-49)67-45(59)25(4)10-2)70-47-38(58)36(56)33(53)27(6)61-47/h25-31,33-44,47-51,53-58H,9-24H2,1-8H3/t25-,26-,27-,28+,29-,30-,31+,33-,34-,35+,36+,37-,38+,39-,40-,41+,42+,43+,44+,47-,48-,49-,50-/m0/s1. The Morgan fingerprint density at radius 1 is 0.577 bits per heavy atom. The second kappa shape index (κ2) is 28.6. The van der Waals surface area contributed by atoms with Crippen molar-refractivity contribution >= 4 is 17.9 Å². The van der Waals surface area contributed by atoms with Crippen LogP contribution in [0.25, 0.3) is 0 Å². The largest absolute Gasteiger partial charge is 0.456 e. The molecular weight excluding hydrogens is 937 g/mol. The highest BCUT2D eigenvalue weighted by Gasteiger charge is 2.58. The van der Waals surface area contributed by atoms with Gasteiger partial charge in [0.2, 0.25) is 0 Å². The Morgan fingerprint density at radius 2 is 1.15 bits per heavy atom. The van der Waals surface area contributed by atoms with Gasteiger partial charge in [-0.3, -0.25) is 14.4 Å². The number of rotatable bonds is 15. The molecule has 0 spiro atoms. The van der Waals surface area contributed by atoms with Crippen molar-refractivity contribution in [2.24, 2.45) is 11.8 Å². The Kier molecular flexibility index (Phi) is 24.1. The number of hydrogen-bond donors (Lipinski definition) is 7. The van der Waals surface area contributed by atoms with Crippen LogP contribution in [-0.2, 0) is 66.5 Å². The third kappa shape index (κ3) is 15.7. The summed E-state index contributed by atoms with van der Waals surface area (Å²) in [5, 5.41) is 78.2. The summed E-state index contributed by atoms with van der Waals surface area (Å²) in [6.45, 7) is 12.6. The van der Waals surface area contributed by atoms with Crippen molar-refractivity contribution in [1.29, 1.82) is 0 Å². The molecule has 0 amide bonds. The number of esters is 3. The summed E-state index contributed by atoms with van der Waals surface area (Å²) in [7, 11) is 0. The van der Waals surface area contributed by atoms with Gasteiger partial charge >= 0.3 is 17.9 Å². The Bertz CT molecular complexity index is 1610. The van der Waals surface area contributed by atoms with E-state index in [1.54, 1.807) is 34.6 Å². The van der Waals surface area contributed by atoms with Gasteiger partial charge in [0.15, 0.2) is 49.6 Å². The number of unbranched alkanes of at least 4 members (excludes halogenated alkanes) is 2. The Labute approximate surface area is 418 Å². The summed E-state index contributed by atoms with van der Waals surface area (Å²) < 4.78 is 69.4. The Balaban J connectivity index is 1.63. The molecule has 21 nitrogen and oxygen atoms in total. The fraction of sp³-hybridized carbons (Fsp3) is 0.940. The van der Waals surface area contributed by atoms with Crippen LogP contribution in [0.1, 0.15) is 152 Å². The summed E-state index contributed by atoms with van der Waals surface area (Å²) >= 11 is 0. The van der Waals surface area contributed by atoms with Gasteiger partial charge in [0.05, 0.1) is 42.9 Å². The normalized spacial score (nSPS) is 42.2. The number of carbonyl (C=O) groups is 3. The second-order valence-electron chi connectivity index (χ2n) is 20.2. The first-order chi connectivity index (χ1) is 33.8. The molecule has 0 aromatic heterocycles. The number of ether oxygens (including phenoxy) is 11. The van der Waals surface area contributed by atoms with E-state index in [1.807, 2.05) is 0 Å². The van der Waals surface area contributed by atoms with Gasteiger partial charge in [0.1, 0.15) is 54.9 Å². The molecule has 412 valence electrons. The predicted molar refractivity (Wildman–Crippen MR) is 249 cm³/mol. The fourth-order valence-electron chi connectivity index (χ4n) is 9.46. The molecule has 5 aliphatic rings. The molecule has 0 saturated carbocycles. The fourth-order valence-corrected chi connectivity index (χ4v) is 9.46. The van der Waals surface area contributed by atoms with Crippen LogP contribution in [0.4, 0.5) is 0 Å². The molecule has 5 fully saturated rings. The molecule has 7 N–H and O–H groups in total. The zero-order valence-electron chi connectivity index (χ0n) is 42.9. The lowest BCUT2D eigenvalue weighted by molar-refractivity contribution is -0.400. The van der Waals surface area contributed by atoms with Gasteiger partial charge in [-0.2, -0.15) is 0 Å². The maximum atomic E-state index is 13.9. The number of aliphatic hydroxyl groups is 7. The predicted octanol–water partition coefficient (Wildman–Crippen LogP) is 2.58. The molecular formula is C50H86O21. The summed E-state index contributed by atoms with van der Waals surface area (Å²) in [5.41, 5.74) is 0. The monoisotopic (exact) mass is 1020 g/mol. The molecule has 5 saturated heterocycles. The molecule has 2 bridgehead atoms. The van der Waals surface area contributed by atoms with E-state index in [0.29, 0.717) is 32.1 Å². The minimum atomic E-state index is -1.86. The lowest BCUT2D eigenvalue weighted by Gasteiger charge is -2.50. The molecule has 71 heavy (non-hydrogen) atoms. The van der Waals surface area contributed by atoms with Crippen molar-refractivity contribution in [3.63, 3.8) is 0 Å². The average Bonchev–Trinajstić information content (AvgIpc) is 3.34. The lowest BCUT2D eigenvalue weighted by atomic mass is 9.95. The van der Waals surface area contributed by atoms with Crippen molar-refractivity contribution in [2.45, 2.75) is 281 Å². The van der Waals surface area contributed by atoms with Gasteiger partial charge in [-0.15, -0.1) is 0 Å². The molecule has 5 heterocycles. The number of aliphatic hydroxyl groups excluding tert-OH is 7. The minimum Gasteiger partial charge on any atom is -0.456 e. The highest BCUT2D eigenvalue weighted by Crippen LogP contribution is 2.39. The van der Waals surface area contributed by atoms with Crippen molar-refractivity contribution in [3.8, 4) is 0 Å². The smallest absolute Gasteiger partial charge is 0.309 e. The van der Waals surface area contributed by atoms with Crippen molar-refractivity contribution < 1.29 is 102 Å². The maximum Gasteiger partial charge on any atom is 0.309 e. The van der Waals surface area contributed by atoms with Crippen LogP contribution in [0.15, 0.2) is 0 Å². The molecule has 5 rings (SSSR count). The van der Waals surface area contributed by atoms with E-state index in [4.69, 9.17) is 52.1 Å². The van der Waals surface area contributed by atoms with Crippen LogP contribution in [-0.4, -0.2) is 189 Å². The molecule has 23 atom stereocenters. The van der Waals surface area contributed by atoms with Gasteiger partial charge in [-0.25, -0.2) is 0 Å². The number of hydrogen-bond acceptors (Lipinski definition) is 21. The van der Waals surface area contributed by atoms with Crippen molar-refractivity contribution in [2.75, 3.05) is 6.61 Å². The number of carbonyl (C=O) groups excluding carboxylic acids is 3. The highest BCUT2D eigenvalue weighted by molar-refractivity contribution is 5.73. The van der Waals surface area contributed by atoms with E-state index in [1.165, 1.54) is 13.8 Å². The van der Waals surface area contributed by atoms with Crippen LogP contribution in [0.2, 0.25) is 0 Å². The molecule has 0 radical (unpaired) electrons. The maximum absolute atomic E-state index is 13.9. The van der Waals surface area contributed by atoms with Crippen LogP contribution in [0.5, 0.6) is 0 Å². The van der Waals surface area contributed by atoms with E-state index in [9.17, 15) is 50.1 Å². The average molecular weight is 1020 g/mol. The first kappa shape index (κ1) is 59.7. The van der Waals surface area contributed by atoms with Crippen LogP contribution < -0.4 is 0 Å². The first-order valence-electron chi connectivity index (χ1n) is 26.4. The van der Waals surface area contributed by atoms with Gasteiger partial charge in [-0.05, 0) is 52.9 Å². The Morgan fingerprint density at radius 3 is 1.79 bits per heavy atom. The van der Waals surface area contributed by atoms with Crippen molar-refractivity contribution in [3.05, 3.63) is 0 Å². The van der Waals surface area contributed by atoms with E-state index in [0.717, 1.165) is 57.8 Å². The molecule has 0 aliphatic carbocycles. The molecule has 0 aromatic carbocycles. The van der Waals surface area contributed by atoms with Gasteiger partial charge in [0.25, 0.3) is 0 Å². The van der Waals surface area contributed by atoms with Crippen LogP contribution >= 0.6 is 0 Å². The van der Waals surface area contributed by atoms with E-state index in [-0.39, 0.29) is 12.5 Å². The van der Waals surface area contributed by atoms with Crippen LogP contribution in [0, 0.1) is 11.8 Å². The van der Waals surface area contributed by atoms with E-state index in [2.05, 4.69) is 6.92 Å². The third-order valence-corrected chi connectivity index (χ3v) is 14.7. The summed E-state index contributed by atoms with van der Waals surface area (Å²) in [5.74, 6) is -3.52. The van der Waals surface area contributed by atoms with Gasteiger partial charge < -0.3 is 87.9 Å². The van der Waals surface area contributed by atoms with E-state index >= 15 is 0 Å². The lowest BCUT2D eigenvalue weighted by Crippen LogP contribution is -2.68. The molecule has 5 aliphatic heterocycles. The van der Waals surface area contributed by atoms with Gasteiger partial charge in [0, 0.05) is 6.42 Å². The summed E-state index contributed by atoms with van der Waals surface area (Å²) in [4.78, 5) is 41.3. The topological polar surface area (TPSA) is 294 Å². The summed E-state index contributed by atoms with van der Waals surface area (Å²) in [6.07, 6.45) is -20.8. The van der Waals surface area contributed by atoms with E-state index < -0.39 is 159 Å². The zero-order chi connectivity index (χ0) is 52.1. The number of fused-ring (bicyclic) bond motifs is 3. The summed E-state index contributed by atoms with van der Waals surface area (Å²) in [6, 6.07) is 0. The SMILES string of the molecule is CCCCC[C@H]1CCCCCCCCCC(=O)O[C@H]2[C@H](O)[C@@H](CO)O[C@@H](O[C@H]3[C@H](O1)O[C@H](C)[C@H](O)[C@@H]3O)[C@@H]2O[C@@H]1O[C@@H](C)[C@H](OC(=O)[C@@H](C)CC)[C@@H](O[C@@H]2O[C@@H](C)[C@H](O)[C@@H](O)[C@H]2O)[C@H]1OC(=O)[C@@H](C)CC.